The number of amides is 3. The maximum Gasteiger partial charge on any atom is 0.333 e. The van der Waals surface area contributed by atoms with Crippen LogP contribution in [0, 0.1) is 0 Å². The highest BCUT2D eigenvalue weighted by Crippen LogP contribution is 2.49. The van der Waals surface area contributed by atoms with E-state index < -0.39 is 38.7 Å². The zero-order chi connectivity index (χ0) is 48.7. The highest BCUT2D eigenvalue weighted by molar-refractivity contribution is 7.94. The van der Waals surface area contributed by atoms with Crippen molar-refractivity contribution in [1.82, 2.24) is 10.4 Å². The lowest BCUT2D eigenvalue weighted by atomic mass is 9.81. The van der Waals surface area contributed by atoms with Crippen molar-refractivity contribution >= 4 is 62.9 Å². The first-order valence-corrected chi connectivity index (χ1v) is 25.0. The molecular formula is C48H67N5O11S2. The Kier molecular flexibility index (Phi) is 20.3. The third kappa shape index (κ3) is 13.9. The van der Waals surface area contributed by atoms with Crippen LogP contribution in [0.15, 0.2) is 82.3 Å². The average Bonchev–Trinajstić information content (AvgIpc) is 3.79. The first-order chi connectivity index (χ1) is 31.3. The van der Waals surface area contributed by atoms with E-state index in [1.54, 1.807) is 18.0 Å². The van der Waals surface area contributed by atoms with Gasteiger partial charge in [-0.15, -0.1) is 5.06 Å². The molecule has 0 saturated carbocycles. The van der Waals surface area contributed by atoms with Crippen LogP contribution >= 0.6 is 12.0 Å². The van der Waals surface area contributed by atoms with E-state index in [9.17, 15) is 37.4 Å². The van der Waals surface area contributed by atoms with Gasteiger partial charge in [-0.05, 0) is 102 Å². The summed E-state index contributed by atoms with van der Waals surface area (Å²) in [5.41, 5.74) is 4.43. The lowest BCUT2D eigenvalue weighted by Gasteiger charge is -2.27. The fraction of sp³-hybridized carbons (Fsp3) is 0.521. The Labute approximate surface area is 394 Å². The summed E-state index contributed by atoms with van der Waals surface area (Å²) < 4.78 is 42.7. The SMILES string of the molecule is CC[NH+](CC)CC.CNC(=O)CCCCCN1C(=CC=CC=CC2=[N+](CCCCCC(=O)ON3C(=O)CCC3=O)c3ccc(SOO[O-])cc3C2(C)C)C(C)(C)c2cc(S(=O)(=O)[O-])ccc21. The van der Waals surface area contributed by atoms with Gasteiger partial charge >= 0.3 is 5.97 Å². The van der Waals surface area contributed by atoms with Crippen LogP contribution in [-0.2, 0) is 54.3 Å². The molecule has 3 amide bonds. The van der Waals surface area contributed by atoms with Crippen LogP contribution in [0.1, 0.15) is 124 Å². The van der Waals surface area contributed by atoms with Crippen LogP contribution in [-0.4, -0.2) is 91.8 Å². The largest absolute Gasteiger partial charge is 0.744 e. The van der Waals surface area contributed by atoms with Crippen LogP contribution < -0.4 is 20.4 Å². The number of nitrogens with zero attached hydrogens (tertiary/aromatic N) is 3. The molecule has 0 aromatic heterocycles. The molecule has 0 atom stereocenters. The Morgan fingerprint density at radius 2 is 1.53 bits per heavy atom. The van der Waals surface area contributed by atoms with E-state index in [2.05, 4.69) is 58.8 Å². The molecule has 3 aliphatic heterocycles. The fourth-order valence-electron chi connectivity index (χ4n) is 8.54. The molecule has 2 aromatic carbocycles. The van der Waals surface area contributed by atoms with E-state index in [4.69, 9.17) is 4.84 Å². The molecule has 3 aliphatic rings. The molecule has 0 aliphatic carbocycles. The second-order valence-electron chi connectivity index (χ2n) is 17.4. The van der Waals surface area contributed by atoms with Gasteiger partial charge in [0.15, 0.2) is 5.71 Å². The third-order valence-corrected chi connectivity index (χ3v) is 13.8. The normalized spacial score (nSPS) is 17.0. The maximum atomic E-state index is 12.3. The second kappa shape index (κ2) is 24.9. The van der Waals surface area contributed by atoms with Gasteiger partial charge in [0, 0.05) is 85.1 Å². The van der Waals surface area contributed by atoms with E-state index in [-0.39, 0.29) is 30.1 Å². The summed E-state index contributed by atoms with van der Waals surface area (Å²) in [6.07, 6.45) is 14.7. The van der Waals surface area contributed by atoms with Crippen molar-refractivity contribution in [3.8, 4) is 0 Å². The van der Waals surface area contributed by atoms with E-state index in [1.165, 1.54) is 31.8 Å². The number of nitrogens with one attached hydrogen (secondary N) is 2. The van der Waals surface area contributed by atoms with Gasteiger partial charge in [0.25, 0.3) is 11.8 Å². The molecule has 2 N–H and O–H groups in total. The van der Waals surface area contributed by atoms with Gasteiger partial charge in [0.05, 0.1) is 42.0 Å². The number of hydrogen-bond donors (Lipinski definition) is 2. The average molecular weight is 954 g/mol. The fourth-order valence-corrected chi connectivity index (χ4v) is 9.43. The van der Waals surface area contributed by atoms with Crippen molar-refractivity contribution in [3.63, 3.8) is 0 Å². The maximum absolute atomic E-state index is 12.3. The van der Waals surface area contributed by atoms with Crippen LogP contribution in [0.5, 0.6) is 0 Å². The summed E-state index contributed by atoms with van der Waals surface area (Å²) in [5, 5.41) is 17.3. The number of rotatable bonds is 23. The molecule has 0 unspecified atom stereocenters. The number of unbranched alkanes of at least 4 members (excludes halogenated alkanes) is 4. The van der Waals surface area contributed by atoms with Gasteiger partial charge in [-0.1, -0.05) is 38.5 Å². The molecular weight excluding hydrogens is 887 g/mol. The Morgan fingerprint density at radius 3 is 2.15 bits per heavy atom. The number of benzene rings is 2. The van der Waals surface area contributed by atoms with Crippen LogP contribution in [0.3, 0.4) is 0 Å². The molecule has 66 heavy (non-hydrogen) atoms. The molecule has 0 radical (unpaired) electrons. The van der Waals surface area contributed by atoms with Crippen LogP contribution in [0.4, 0.5) is 11.4 Å². The number of quaternary nitrogens is 1. The summed E-state index contributed by atoms with van der Waals surface area (Å²) in [6, 6.07) is 10.3. The molecule has 18 heteroatoms. The van der Waals surface area contributed by atoms with E-state index in [0.717, 1.165) is 71.6 Å². The van der Waals surface area contributed by atoms with Crippen LogP contribution in [0.25, 0.3) is 0 Å². The summed E-state index contributed by atoms with van der Waals surface area (Å²) in [5.74, 6) is -1.66. The van der Waals surface area contributed by atoms with Crippen molar-refractivity contribution in [1.29, 1.82) is 0 Å². The number of fused-ring (bicyclic) bond motifs is 2. The number of hydroxylamine groups is 2. The number of carbonyl (C=O) groups excluding carboxylic acids is 4. The lowest BCUT2D eigenvalue weighted by molar-refractivity contribution is -0.894. The number of imide groups is 1. The van der Waals surface area contributed by atoms with Gasteiger partial charge < -0.3 is 29.8 Å². The van der Waals surface area contributed by atoms with Gasteiger partial charge in [-0.3, -0.25) is 19.4 Å². The molecule has 16 nitrogen and oxygen atoms in total. The molecule has 1 fully saturated rings. The molecule has 0 spiro atoms. The molecule has 0 bridgehead atoms. The second-order valence-corrected chi connectivity index (χ2v) is 19.6. The predicted molar refractivity (Wildman–Crippen MR) is 249 cm³/mol. The van der Waals surface area contributed by atoms with Crippen LogP contribution in [0.2, 0.25) is 0 Å². The monoisotopic (exact) mass is 953 g/mol. The van der Waals surface area contributed by atoms with E-state index in [1.807, 2.05) is 62.4 Å². The van der Waals surface area contributed by atoms with Gasteiger partial charge in [-0.2, -0.15) is 8.91 Å². The van der Waals surface area contributed by atoms with Gasteiger partial charge in [0.1, 0.15) is 16.7 Å². The van der Waals surface area contributed by atoms with E-state index >= 15 is 0 Å². The Bertz CT molecular complexity index is 2260. The van der Waals surface area contributed by atoms with Crippen molar-refractivity contribution < 1.29 is 61.1 Å². The van der Waals surface area contributed by atoms with Crippen molar-refractivity contribution in [3.05, 3.63) is 83.6 Å². The first kappa shape index (κ1) is 53.9. The van der Waals surface area contributed by atoms with Gasteiger partial charge in [0.2, 0.25) is 11.6 Å². The number of hydrogen-bond acceptors (Lipinski definition) is 13. The van der Waals surface area contributed by atoms with E-state index in [0.29, 0.717) is 42.3 Å². The number of carbonyl (C=O) groups is 4. The third-order valence-electron chi connectivity index (χ3n) is 12.4. The zero-order valence-corrected chi connectivity index (χ0v) is 41.2. The molecule has 5 rings (SSSR count). The molecule has 2 aromatic rings. The molecule has 3 heterocycles. The standard InChI is InChI=1S/C42H52N4O11S2.C6H15N/c1-41(2)31-27-29(58-57-56-51)19-21-33(31)44(26-14-8-12-18-40(50)55-46-38(48)23-24-39(46)49)35(41)15-9-6-10-16-36-42(3,4)32-28-30(59(52,53)54)20-22-34(32)45(36)25-13-7-11-17-37(47)43-5;1-4-7(5-2)6-3/h6,9-10,15-16,19-22,27-28H,7-8,11-14,17-18,23-26H2,1-5H3,(H2-,43,47,51,52,53,54);4-6H2,1-3H3. The minimum Gasteiger partial charge on any atom is -0.744 e. The lowest BCUT2D eigenvalue weighted by Crippen LogP contribution is -3.11. The summed E-state index contributed by atoms with van der Waals surface area (Å²) >= 11 is 0.818. The Balaban J connectivity index is 0.00000126. The van der Waals surface area contributed by atoms with Crippen molar-refractivity contribution in [2.45, 2.75) is 133 Å². The summed E-state index contributed by atoms with van der Waals surface area (Å²) in [7, 11) is -3.04. The minimum absolute atomic E-state index is 0.00834. The number of allylic oxidation sites excluding steroid dienone is 6. The number of anilines is 1. The Morgan fingerprint density at radius 1 is 0.864 bits per heavy atom. The summed E-state index contributed by atoms with van der Waals surface area (Å²) in [6.45, 7) is 20.0. The zero-order valence-electron chi connectivity index (χ0n) is 39.6. The van der Waals surface area contributed by atoms with Crippen molar-refractivity contribution in [2.24, 2.45) is 0 Å². The first-order valence-electron chi connectivity index (χ1n) is 22.8. The summed E-state index contributed by atoms with van der Waals surface area (Å²) in [4.78, 5) is 56.9. The highest BCUT2D eigenvalue weighted by Gasteiger charge is 2.44. The van der Waals surface area contributed by atoms with Gasteiger partial charge in [-0.25, -0.2) is 13.2 Å². The quantitative estimate of drug-likeness (QED) is 0.0210. The smallest absolute Gasteiger partial charge is 0.333 e. The minimum atomic E-state index is -4.66. The topological polar surface area (TPSA) is 202 Å². The molecule has 1 saturated heterocycles. The van der Waals surface area contributed by atoms with Crippen molar-refractivity contribution in [2.75, 3.05) is 44.7 Å². The predicted octanol–water partition coefficient (Wildman–Crippen LogP) is 5.40. The molecule has 362 valence electrons. The Hall–Kier alpha value is -4.69. The highest BCUT2D eigenvalue weighted by atomic mass is 32.2.